The third kappa shape index (κ3) is 2.77. The van der Waals surface area contributed by atoms with Crippen LogP contribution in [-0.2, 0) is 6.42 Å². The van der Waals surface area contributed by atoms with E-state index < -0.39 is 5.97 Å². The Morgan fingerprint density at radius 3 is 2.50 bits per heavy atom. The quantitative estimate of drug-likeness (QED) is 0.898. The van der Waals surface area contributed by atoms with Crippen molar-refractivity contribution < 1.29 is 14.3 Å². The second-order valence-electron chi connectivity index (χ2n) is 4.64. The van der Waals surface area contributed by atoms with E-state index >= 15 is 0 Å². The summed E-state index contributed by atoms with van der Waals surface area (Å²) in [6.07, 6.45) is 2.17. The minimum absolute atomic E-state index is 0.0729. The van der Waals surface area contributed by atoms with E-state index in [0.29, 0.717) is 11.8 Å². The van der Waals surface area contributed by atoms with Crippen LogP contribution >= 0.6 is 0 Å². The number of aromatic nitrogens is 1. The number of carboxylic acids is 1. The Kier molecular flexibility index (Phi) is 3.46. The van der Waals surface area contributed by atoms with Gasteiger partial charge in [-0.05, 0) is 30.0 Å². The highest BCUT2D eigenvalue weighted by atomic mass is 16.4. The molecule has 0 bridgehead atoms. The molecule has 1 aromatic heterocycles. The molecule has 0 aliphatic heterocycles. The third-order valence-corrected chi connectivity index (χ3v) is 2.57. The summed E-state index contributed by atoms with van der Waals surface area (Å²) < 4.78 is 5.14. The Morgan fingerprint density at radius 2 is 2.00 bits per heavy atom. The molecule has 4 heteroatoms. The van der Waals surface area contributed by atoms with E-state index in [1.807, 2.05) is 24.3 Å². The molecule has 0 fully saturated rings. The Bertz CT molecular complexity index is 540. The molecule has 2 rings (SSSR count). The van der Waals surface area contributed by atoms with Gasteiger partial charge in [-0.3, -0.25) is 0 Å². The Balaban J connectivity index is 2.20. The van der Waals surface area contributed by atoms with Crippen LogP contribution in [-0.4, -0.2) is 16.1 Å². The van der Waals surface area contributed by atoms with Gasteiger partial charge in [0.15, 0.2) is 5.69 Å². The number of oxazole rings is 1. The fourth-order valence-electron chi connectivity index (χ4n) is 1.76. The predicted octanol–water partition coefficient (Wildman–Crippen LogP) is 3.24. The van der Waals surface area contributed by atoms with Crippen molar-refractivity contribution in [3.05, 3.63) is 41.8 Å². The van der Waals surface area contributed by atoms with Crippen LogP contribution in [0.3, 0.4) is 0 Å². The number of hydrogen-bond donors (Lipinski definition) is 1. The van der Waals surface area contributed by atoms with Gasteiger partial charge in [-0.1, -0.05) is 26.0 Å². The van der Waals surface area contributed by atoms with Crippen molar-refractivity contribution >= 4 is 5.97 Å². The molecule has 0 aliphatic carbocycles. The Hall–Kier alpha value is -2.10. The number of rotatable bonds is 4. The zero-order valence-corrected chi connectivity index (χ0v) is 10.4. The van der Waals surface area contributed by atoms with Gasteiger partial charge in [0.25, 0.3) is 0 Å². The summed E-state index contributed by atoms with van der Waals surface area (Å²) in [7, 11) is 0. The van der Waals surface area contributed by atoms with Crippen LogP contribution in [0.1, 0.15) is 29.9 Å². The molecule has 1 N–H and O–H groups in total. The maximum atomic E-state index is 10.7. The fourth-order valence-corrected chi connectivity index (χ4v) is 1.76. The highest BCUT2D eigenvalue weighted by Crippen LogP contribution is 2.20. The van der Waals surface area contributed by atoms with Gasteiger partial charge < -0.3 is 9.52 Å². The lowest BCUT2D eigenvalue weighted by atomic mass is 10.0. The number of hydrogen-bond acceptors (Lipinski definition) is 3. The van der Waals surface area contributed by atoms with Gasteiger partial charge in [0.05, 0.1) is 0 Å². The molecular weight excluding hydrogens is 230 g/mol. The summed E-state index contributed by atoms with van der Waals surface area (Å²) in [5.74, 6) is -0.138. The van der Waals surface area contributed by atoms with Gasteiger partial charge in [-0.2, -0.15) is 0 Å². The third-order valence-electron chi connectivity index (χ3n) is 2.57. The molecule has 0 spiro atoms. The Labute approximate surface area is 105 Å². The van der Waals surface area contributed by atoms with Crippen LogP contribution in [0.5, 0.6) is 0 Å². The first kappa shape index (κ1) is 12.4. The molecule has 0 unspecified atom stereocenters. The van der Waals surface area contributed by atoms with Crippen molar-refractivity contribution in [3.63, 3.8) is 0 Å². The molecule has 0 radical (unpaired) electrons. The lowest BCUT2D eigenvalue weighted by Gasteiger charge is -2.04. The molecule has 1 heterocycles. The summed E-state index contributed by atoms with van der Waals surface area (Å²) >= 11 is 0. The van der Waals surface area contributed by atoms with E-state index in [1.54, 1.807) is 0 Å². The lowest BCUT2D eigenvalue weighted by molar-refractivity contribution is 0.0690. The molecule has 0 aliphatic rings. The van der Waals surface area contributed by atoms with Crippen LogP contribution in [0.4, 0.5) is 0 Å². The maximum absolute atomic E-state index is 10.7. The van der Waals surface area contributed by atoms with Crippen molar-refractivity contribution in [3.8, 4) is 11.5 Å². The van der Waals surface area contributed by atoms with E-state index in [4.69, 9.17) is 9.52 Å². The summed E-state index contributed by atoms with van der Waals surface area (Å²) in [5.41, 5.74) is 1.96. The number of carboxylic acid groups (broad SMARTS) is 1. The van der Waals surface area contributed by atoms with E-state index in [9.17, 15) is 4.79 Å². The summed E-state index contributed by atoms with van der Waals surface area (Å²) in [4.78, 5) is 14.6. The maximum Gasteiger partial charge on any atom is 0.357 e. The number of benzene rings is 1. The first-order valence-electron chi connectivity index (χ1n) is 5.84. The number of carbonyl (C=O) groups is 1. The fraction of sp³-hybridized carbons (Fsp3) is 0.286. The Morgan fingerprint density at radius 1 is 1.33 bits per heavy atom. The summed E-state index contributed by atoms with van der Waals surface area (Å²) in [6, 6.07) is 7.82. The summed E-state index contributed by atoms with van der Waals surface area (Å²) in [5, 5.41) is 8.77. The van der Waals surface area contributed by atoms with Crippen LogP contribution in [0.15, 0.2) is 34.9 Å². The van der Waals surface area contributed by atoms with Crippen LogP contribution in [0.2, 0.25) is 0 Å². The first-order valence-corrected chi connectivity index (χ1v) is 5.84. The average Bonchev–Trinajstić information content (AvgIpc) is 2.78. The normalized spacial score (nSPS) is 10.8. The van der Waals surface area contributed by atoms with Gasteiger partial charge in [-0.15, -0.1) is 0 Å². The minimum Gasteiger partial charge on any atom is -0.476 e. The van der Waals surface area contributed by atoms with E-state index in [0.717, 1.165) is 18.2 Å². The van der Waals surface area contributed by atoms with E-state index in [1.165, 1.54) is 5.56 Å². The van der Waals surface area contributed by atoms with Gasteiger partial charge in [0.2, 0.25) is 5.89 Å². The largest absolute Gasteiger partial charge is 0.476 e. The van der Waals surface area contributed by atoms with Crippen molar-refractivity contribution in [2.75, 3.05) is 0 Å². The molecule has 1 aromatic carbocycles. The highest BCUT2D eigenvalue weighted by Gasteiger charge is 2.11. The van der Waals surface area contributed by atoms with Gasteiger partial charge in [0, 0.05) is 5.56 Å². The smallest absolute Gasteiger partial charge is 0.357 e. The molecule has 0 saturated heterocycles. The molecule has 2 aromatic rings. The molecule has 4 nitrogen and oxygen atoms in total. The minimum atomic E-state index is -1.08. The van der Waals surface area contributed by atoms with Crippen LogP contribution < -0.4 is 0 Å². The van der Waals surface area contributed by atoms with Crippen molar-refractivity contribution in [1.82, 2.24) is 4.98 Å². The van der Waals surface area contributed by atoms with Crippen LogP contribution in [0, 0.1) is 5.92 Å². The zero-order valence-electron chi connectivity index (χ0n) is 10.4. The van der Waals surface area contributed by atoms with Gasteiger partial charge in [-0.25, -0.2) is 9.78 Å². The van der Waals surface area contributed by atoms with E-state index in [2.05, 4.69) is 18.8 Å². The second-order valence-corrected chi connectivity index (χ2v) is 4.64. The van der Waals surface area contributed by atoms with Gasteiger partial charge in [0.1, 0.15) is 6.26 Å². The van der Waals surface area contributed by atoms with Crippen molar-refractivity contribution in [2.45, 2.75) is 20.3 Å². The second kappa shape index (κ2) is 5.04. The van der Waals surface area contributed by atoms with Crippen molar-refractivity contribution in [2.24, 2.45) is 5.92 Å². The monoisotopic (exact) mass is 245 g/mol. The molecule has 0 amide bonds. The average molecular weight is 245 g/mol. The number of aromatic carboxylic acids is 1. The SMILES string of the molecule is CC(C)Cc1ccc(-c2nc(C(=O)O)co2)cc1. The topological polar surface area (TPSA) is 63.3 Å². The zero-order chi connectivity index (χ0) is 13.1. The molecular formula is C14H15NO3. The van der Waals surface area contributed by atoms with E-state index in [-0.39, 0.29) is 5.69 Å². The van der Waals surface area contributed by atoms with Crippen LogP contribution in [0.25, 0.3) is 11.5 Å². The predicted molar refractivity (Wildman–Crippen MR) is 67.4 cm³/mol. The standard InChI is InChI=1S/C14H15NO3/c1-9(2)7-10-3-5-11(6-4-10)13-15-12(8-18-13)14(16)17/h3-6,8-9H,7H2,1-2H3,(H,16,17). The molecule has 0 atom stereocenters. The molecule has 94 valence electrons. The van der Waals surface area contributed by atoms with Gasteiger partial charge >= 0.3 is 5.97 Å². The van der Waals surface area contributed by atoms with Crippen molar-refractivity contribution in [1.29, 1.82) is 0 Å². The number of nitrogens with zero attached hydrogens (tertiary/aromatic N) is 1. The molecule has 18 heavy (non-hydrogen) atoms. The first-order chi connectivity index (χ1) is 8.56. The molecule has 0 saturated carbocycles. The lowest BCUT2D eigenvalue weighted by Crippen LogP contribution is -1.96. The highest BCUT2D eigenvalue weighted by molar-refractivity contribution is 5.85. The summed E-state index contributed by atoms with van der Waals surface area (Å²) in [6.45, 7) is 4.34.